The summed E-state index contributed by atoms with van der Waals surface area (Å²) in [5.74, 6) is 0. The molecule has 0 unspecified atom stereocenters. The maximum Gasteiger partial charge on any atom is 0.0259 e. The van der Waals surface area contributed by atoms with Gasteiger partial charge in [-0.15, -0.1) is 0 Å². The lowest BCUT2D eigenvalue weighted by Gasteiger charge is -2.12. The van der Waals surface area contributed by atoms with Crippen LogP contribution < -0.4 is 0 Å². The second kappa shape index (κ2) is 6.33. The first-order chi connectivity index (χ1) is 9.71. The normalized spacial score (nSPS) is 10.3. The average molecular weight is 263 g/mol. The van der Waals surface area contributed by atoms with Crippen LogP contribution in [0.3, 0.4) is 0 Å². The smallest absolute Gasteiger partial charge is 0.0259 e. The molecule has 0 aliphatic rings. The highest BCUT2D eigenvalue weighted by Crippen LogP contribution is 2.28. The Hall–Kier alpha value is -2.15. The Balaban J connectivity index is 2.56. The molecule has 0 aliphatic heterocycles. The SMILES string of the molecule is C=Cc1cc(-c2cccc(C)c2C=N)ccc1CCC. The Morgan fingerprint density at radius 1 is 1.20 bits per heavy atom. The van der Waals surface area contributed by atoms with Gasteiger partial charge in [-0.05, 0) is 47.2 Å². The van der Waals surface area contributed by atoms with Crippen LogP contribution in [0, 0.1) is 12.3 Å². The standard InChI is InChI=1S/C19H21N/c1-4-7-16-10-11-17(12-15(16)5-2)18-9-6-8-14(3)19(18)13-20/h5-6,8-13,20H,2,4,7H2,1,3H3. The Labute approximate surface area is 121 Å². The Morgan fingerprint density at radius 2 is 2.00 bits per heavy atom. The molecule has 0 spiro atoms. The summed E-state index contributed by atoms with van der Waals surface area (Å²) in [6.07, 6.45) is 5.58. The molecule has 0 heterocycles. The van der Waals surface area contributed by atoms with Crippen LogP contribution in [0.25, 0.3) is 17.2 Å². The lowest BCUT2D eigenvalue weighted by atomic mass is 9.93. The predicted octanol–water partition coefficient (Wildman–Crippen LogP) is 5.26. The zero-order valence-corrected chi connectivity index (χ0v) is 12.2. The maximum absolute atomic E-state index is 7.64. The molecule has 1 N–H and O–H groups in total. The van der Waals surface area contributed by atoms with Crippen molar-refractivity contribution in [2.45, 2.75) is 26.7 Å². The molecular weight excluding hydrogens is 242 g/mol. The summed E-state index contributed by atoms with van der Waals surface area (Å²) in [5, 5.41) is 7.64. The van der Waals surface area contributed by atoms with Crippen molar-refractivity contribution in [2.75, 3.05) is 0 Å². The molecule has 0 fully saturated rings. The number of hydrogen-bond acceptors (Lipinski definition) is 1. The van der Waals surface area contributed by atoms with E-state index < -0.39 is 0 Å². The van der Waals surface area contributed by atoms with E-state index in [-0.39, 0.29) is 0 Å². The van der Waals surface area contributed by atoms with Crippen LogP contribution >= 0.6 is 0 Å². The minimum atomic E-state index is 0.991. The molecule has 0 aromatic heterocycles. The summed E-state index contributed by atoms with van der Waals surface area (Å²) in [5.41, 5.74) is 6.94. The van der Waals surface area contributed by atoms with Gasteiger partial charge in [0.15, 0.2) is 0 Å². The number of rotatable bonds is 5. The molecule has 2 aromatic rings. The largest absolute Gasteiger partial charge is 0.308 e. The van der Waals surface area contributed by atoms with E-state index in [1.165, 1.54) is 17.3 Å². The number of nitrogens with one attached hydrogen (secondary N) is 1. The van der Waals surface area contributed by atoms with Crippen LogP contribution in [-0.2, 0) is 6.42 Å². The van der Waals surface area contributed by atoms with Crippen LogP contribution in [-0.4, -0.2) is 6.21 Å². The molecule has 0 amide bonds. The molecule has 0 radical (unpaired) electrons. The third kappa shape index (κ3) is 2.72. The number of hydrogen-bond donors (Lipinski definition) is 1. The first kappa shape index (κ1) is 14.3. The van der Waals surface area contributed by atoms with Crippen LogP contribution in [0.4, 0.5) is 0 Å². The second-order valence-corrected chi connectivity index (χ2v) is 5.05. The lowest BCUT2D eigenvalue weighted by Crippen LogP contribution is -1.94. The first-order valence-electron chi connectivity index (χ1n) is 7.07. The fourth-order valence-electron chi connectivity index (χ4n) is 2.57. The van der Waals surface area contributed by atoms with E-state index in [0.717, 1.165) is 35.1 Å². The van der Waals surface area contributed by atoms with Crippen LogP contribution in [0.5, 0.6) is 0 Å². The van der Waals surface area contributed by atoms with Gasteiger partial charge in [-0.2, -0.15) is 0 Å². The molecule has 1 nitrogen and oxygen atoms in total. The van der Waals surface area contributed by atoms with E-state index in [1.807, 2.05) is 25.1 Å². The Bertz CT molecular complexity index is 638. The van der Waals surface area contributed by atoms with Gasteiger partial charge in [-0.3, -0.25) is 0 Å². The predicted molar refractivity (Wildman–Crippen MR) is 88.6 cm³/mol. The molecule has 1 heteroatoms. The third-order valence-corrected chi connectivity index (χ3v) is 3.66. The molecular formula is C19H21N. The zero-order chi connectivity index (χ0) is 14.5. The fourth-order valence-corrected chi connectivity index (χ4v) is 2.57. The molecule has 0 saturated heterocycles. The highest BCUT2D eigenvalue weighted by molar-refractivity contribution is 5.91. The Morgan fingerprint density at radius 3 is 2.65 bits per heavy atom. The number of benzene rings is 2. The average Bonchev–Trinajstić information content (AvgIpc) is 2.47. The topological polar surface area (TPSA) is 23.9 Å². The van der Waals surface area contributed by atoms with Crippen molar-refractivity contribution in [3.8, 4) is 11.1 Å². The molecule has 0 saturated carbocycles. The van der Waals surface area contributed by atoms with Gasteiger partial charge >= 0.3 is 0 Å². The highest BCUT2D eigenvalue weighted by Gasteiger charge is 2.07. The van der Waals surface area contributed by atoms with Crippen molar-refractivity contribution < 1.29 is 0 Å². The maximum atomic E-state index is 7.64. The molecule has 0 aliphatic carbocycles. The van der Waals surface area contributed by atoms with Crippen molar-refractivity contribution in [1.29, 1.82) is 5.41 Å². The highest BCUT2D eigenvalue weighted by atomic mass is 14.3. The molecule has 0 bridgehead atoms. The minimum absolute atomic E-state index is 0.991. The van der Waals surface area contributed by atoms with Crippen molar-refractivity contribution in [3.05, 3.63) is 65.2 Å². The van der Waals surface area contributed by atoms with Gasteiger partial charge in [0, 0.05) is 11.8 Å². The minimum Gasteiger partial charge on any atom is -0.308 e. The molecule has 0 atom stereocenters. The first-order valence-corrected chi connectivity index (χ1v) is 7.07. The summed E-state index contributed by atoms with van der Waals surface area (Å²) in [6, 6.07) is 12.7. The summed E-state index contributed by atoms with van der Waals surface area (Å²) in [7, 11) is 0. The molecule has 2 aromatic carbocycles. The van der Waals surface area contributed by atoms with Gasteiger partial charge in [-0.25, -0.2) is 0 Å². The van der Waals surface area contributed by atoms with E-state index in [1.54, 1.807) is 0 Å². The van der Waals surface area contributed by atoms with E-state index >= 15 is 0 Å². The second-order valence-electron chi connectivity index (χ2n) is 5.05. The van der Waals surface area contributed by atoms with E-state index in [9.17, 15) is 0 Å². The van der Waals surface area contributed by atoms with Gasteiger partial charge in [0.2, 0.25) is 0 Å². The summed E-state index contributed by atoms with van der Waals surface area (Å²) in [6.45, 7) is 8.16. The summed E-state index contributed by atoms with van der Waals surface area (Å²) < 4.78 is 0. The van der Waals surface area contributed by atoms with Crippen molar-refractivity contribution in [3.63, 3.8) is 0 Å². The van der Waals surface area contributed by atoms with Crippen molar-refractivity contribution in [1.82, 2.24) is 0 Å². The van der Waals surface area contributed by atoms with Gasteiger partial charge in [0.05, 0.1) is 0 Å². The molecule has 102 valence electrons. The van der Waals surface area contributed by atoms with E-state index in [0.29, 0.717) is 0 Å². The van der Waals surface area contributed by atoms with E-state index in [2.05, 4.69) is 37.8 Å². The lowest BCUT2D eigenvalue weighted by molar-refractivity contribution is 0.920. The van der Waals surface area contributed by atoms with Crippen molar-refractivity contribution in [2.24, 2.45) is 0 Å². The fraction of sp³-hybridized carbons (Fsp3) is 0.211. The molecule has 2 rings (SSSR count). The van der Waals surface area contributed by atoms with Crippen LogP contribution in [0.2, 0.25) is 0 Å². The van der Waals surface area contributed by atoms with Crippen LogP contribution in [0.15, 0.2) is 43.0 Å². The quantitative estimate of drug-likeness (QED) is 0.712. The molecule has 20 heavy (non-hydrogen) atoms. The van der Waals surface area contributed by atoms with Gasteiger partial charge < -0.3 is 5.41 Å². The van der Waals surface area contributed by atoms with E-state index in [4.69, 9.17) is 5.41 Å². The number of aryl methyl sites for hydroxylation is 2. The summed E-state index contributed by atoms with van der Waals surface area (Å²) in [4.78, 5) is 0. The monoisotopic (exact) mass is 263 g/mol. The van der Waals surface area contributed by atoms with Gasteiger partial charge in [0.25, 0.3) is 0 Å². The summed E-state index contributed by atoms with van der Waals surface area (Å²) >= 11 is 0. The van der Waals surface area contributed by atoms with Gasteiger partial charge in [0.1, 0.15) is 0 Å². The van der Waals surface area contributed by atoms with Gasteiger partial charge in [-0.1, -0.05) is 56.3 Å². The zero-order valence-electron chi connectivity index (χ0n) is 12.2. The van der Waals surface area contributed by atoms with Crippen molar-refractivity contribution >= 4 is 12.3 Å². The Kier molecular flexibility index (Phi) is 4.52. The van der Waals surface area contributed by atoms with Crippen LogP contribution in [0.1, 0.15) is 35.6 Å². The third-order valence-electron chi connectivity index (χ3n) is 3.66.